The van der Waals surface area contributed by atoms with Gasteiger partial charge in [0.2, 0.25) is 0 Å². The summed E-state index contributed by atoms with van der Waals surface area (Å²) in [7, 11) is 2.50. The number of ketones is 1. The standard InChI is InChI=1S/C46H73NO15S/c1-12-36-32(24-58-46-44(57-11)43(56-10)40(52)30(7)60-46)21-26(3)15-18-34(48)27(4)22-31(19-20-63(54,55)33-16-13-25(2)14-17-33)42(28(5)35(49)23-37(50)61-36)62-45-41(53)38(47(8)9)39(51)29(6)59-45/h13-18,21,27-32,35-36,38-46,49,51-53H,12,19-20,22-24H2,1-11H3/b18-15+,26-21+/t27-,28+,29-,30-,31+,32-,35-,36-,38+,39-,40-,41-,42-,43-,44-,45+,46-/m1/s1. The highest BCUT2D eigenvalue weighted by atomic mass is 32.2. The number of aliphatic hydroxyl groups excluding tert-OH is 4. The fourth-order valence-electron chi connectivity index (χ4n) is 8.86. The van der Waals surface area contributed by atoms with Gasteiger partial charge in [-0.05, 0) is 85.2 Å². The van der Waals surface area contributed by atoms with Crippen LogP contribution in [-0.2, 0) is 52.6 Å². The van der Waals surface area contributed by atoms with E-state index in [1.54, 1.807) is 84.0 Å². The first-order chi connectivity index (χ1) is 29.6. The number of benzene rings is 1. The highest BCUT2D eigenvalue weighted by Gasteiger charge is 2.48. The van der Waals surface area contributed by atoms with E-state index in [4.69, 9.17) is 33.2 Å². The number of hydrogen-bond donors (Lipinski definition) is 4. The average molecular weight is 912 g/mol. The third kappa shape index (κ3) is 13.7. The van der Waals surface area contributed by atoms with Gasteiger partial charge in [0.25, 0.3) is 0 Å². The van der Waals surface area contributed by atoms with E-state index in [0.717, 1.165) is 5.56 Å². The van der Waals surface area contributed by atoms with Crippen LogP contribution in [0.25, 0.3) is 0 Å². The molecule has 1 aromatic rings. The number of aryl methyl sites for hydroxylation is 1. The molecule has 3 aliphatic rings. The molecule has 2 saturated heterocycles. The number of nitrogens with zero attached hydrogens (tertiary/aromatic N) is 1. The molecular formula is C46H73NO15S. The summed E-state index contributed by atoms with van der Waals surface area (Å²) in [5.74, 6) is -4.11. The van der Waals surface area contributed by atoms with Crippen LogP contribution in [-0.4, -0.2) is 166 Å². The summed E-state index contributed by atoms with van der Waals surface area (Å²) in [6.07, 6.45) is -6.87. The predicted octanol–water partition coefficient (Wildman–Crippen LogP) is 3.15. The average Bonchev–Trinajstić information content (AvgIpc) is 3.23. The fraction of sp³-hybridized carbons (Fsp3) is 0.739. The molecule has 1 aromatic carbocycles. The number of methoxy groups -OCH3 is 2. The maximum absolute atomic E-state index is 13.9. The summed E-state index contributed by atoms with van der Waals surface area (Å²) in [6.45, 7) is 12.2. The molecule has 4 N–H and O–H groups in total. The monoisotopic (exact) mass is 911 g/mol. The van der Waals surface area contributed by atoms with Crippen molar-refractivity contribution in [1.29, 1.82) is 0 Å². The van der Waals surface area contributed by atoms with Crippen molar-refractivity contribution in [2.75, 3.05) is 40.7 Å². The molecule has 0 aliphatic carbocycles. The SMILES string of the molecule is CC[C@H]1OC(=O)C[C@@H](O)[C@H](C)[C@@H](O[C@@H]2O[C@H](C)[C@@H](O)[C@H](N(C)C)[C@H]2O)[C@@H](CCS(=O)(=O)c2ccc(C)cc2)C[C@@H](C)C(=O)/C=C/C(C)=C/[C@@H]1CO[C@@H]1O[C@H](C)[C@@H](O)[C@@H](OC)[C@H]1OC. The van der Waals surface area contributed by atoms with Gasteiger partial charge in [-0.1, -0.05) is 56.2 Å². The van der Waals surface area contributed by atoms with Gasteiger partial charge in [-0.2, -0.15) is 0 Å². The maximum Gasteiger partial charge on any atom is 0.308 e. The number of ether oxygens (including phenoxy) is 7. The van der Waals surface area contributed by atoms with Crippen LogP contribution in [0, 0.1) is 30.6 Å². The van der Waals surface area contributed by atoms with Gasteiger partial charge in [-0.25, -0.2) is 8.42 Å². The van der Waals surface area contributed by atoms with E-state index in [0.29, 0.717) is 12.0 Å². The number of aliphatic hydroxyl groups is 4. The Bertz CT molecular complexity index is 1790. The van der Waals surface area contributed by atoms with E-state index in [1.807, 2.05) is 19.9 Å². The number of carbonyl (C=O) groups is 2. The second kappa shape index (κ2) is 23.7. The molecule has 0 aromatic heterocycles. The van der Waals surface area contributed by atoms with E-state index in [1.165, 1.54) is 20.3 Å². The Morgan fingerprint density at radius 1 is 0.825 bits per heavy atom. The molecule has 0 saturated carbocycles. The van der Waals surface area contributed by atoms with E-state index < -0.39 is 126 Å². The van der Waals surface area contributed by atoms with Crippen LogP contribution in [0.2, 0.25) is 0 Å². The molecule has 0 unspecified atom stereocenters. The lowest BCUT2D eigenvalue weighted by atomic mass is 9.79. The zero-order chi connectivity index (χ0) is 46.9. The van der Waals surface area contributed by atoms with Crippen LogP contribution < -0.4 is 0 Å². The number of hydrogen-bond acceptors (Lipinski definition) is 16. The Morgan fingerprint density at radius 2 is 1.44 bits per heavy atom. The molecule has 2 fully saturated rings. The molecule has 16 nitrogen and oxygen atoms in total. The number of allylic oxidation sites excluding steroid dienone is 3. The number of cyclic esters (lactones) is 1. The quantitative estimate of drug-likeness (QED) is 0.209. The molecule has 63 heavy (non-hydrogen) atoms. The Labute approximate surface area is 373 Å². The maximum atomic E-state index is 13.9. The molecule has 17 heteroatoms. The van der Waals surface area contributed by atoms with Gasteiger partial charge in [0.05, 0.1) is 60.2 Å². The molecule has 0 spiro atoms. The fourth-order valence-corrected chi connectivity index (χ4v) is 10.3. The van der Waals surface area contributed by atoms with Crippen molar-refractivity contribution in [1.82, 2.24) is 4.90 Å². The summed E-state index contributed by atoms with van der Waals surface area (Å²) >= 11 is 0. The Hall–Kier alpha value is -2.65. The number of sulfone groups is 1. The first-order valence-corrected chi connectivity index (χ1v) is 23.7. The van der Waals surface area contributed by atoms with Crippen molar-refractivity contribution in [2.24, 2.45) is 23.7 Å². The lowest BCUT2D eigenvalue weighted by Gasteiger charge is -2.46. The third-order valence-corrected chi connectivity index (χ3v) is 14.6. The van der Waals surface area contributed by atoms with Crippen LogP contribution >= 0.6 is 0 Å². The highest BCUT2D eigenvalue weighted by molar-refractivity contribution is 7.91. The second-order valence-corrected chi connectivity index (χ2v) is 20.0. The minimum atomic E-state index is -3.83. The normalized spacial score (nSPS) is 39.4. The van der Waals surface area contributed by atoms with Gasteiger partial charge in [-0.3, -0.25) is 9.59 Å². The molecular weight excluding hydrogens is 839 g/mol. The second-order valence-electron chi connectivity index (χ2n) is 17.9. The van der Waals surface area contributed by atoms with Gasteiger partial charge >= 0.3 is 5.97 Å². The first kappa shape index (κ1) is 53.0. The molecule has 4 rings (SSSR count). The molecule has 3 heterocycles. The minimum Gasteiger partial charge on any atom is -0.462 e. The molecule has 358 valence electrons. The Balaban J connectivity index is 1.73. The van der Waals surface area contributed by atoms with Crippen molar-refractivity contribution in [3.63, 3.8) is 0 Å². The smallest absolute Gasteiger partial charge is 0.308 e. The summed E-state index contributed by atoms with van der Waals surface area (Å²) in [4.78, 5) is 29.6. The Morgan fingerprint density at radius 3 is 2.05 bits per heavy atom. The van der Waals surface area contributed by atoms with Crippen molar-refractivity contribution >= 4 is 21.6 Å². The van der Waals surface area contributed by atoms with Crippen LogP contribution in [0.1, 0.15) is 72.8 Å². The van der Waals surface area contributed by atoms with Crippen LogP contribution in [0.4, 0.5) is 0 Å². The Kier molecular flexibility index (Phi) is 19.9. The molecule has 17 atom stereocenters. The zero-order valence-corrected chi connectivity index (χ0v) is 39.6. The van der Waals surface area contributed by atoms with Gasteiger partial charge in [0.1, 0.15) is 30.5 Å². The summed E-state index contributed by atoms with van der Waals surface area (Å²) in [6, 6.07) is 5.73. The van der Waals surface area contributed by atoms with Crippen molar-refractivity contribution in [3.8, 4) is 0 Å². The predicted molar refractivity (Wildman–Crippen MR) is 233 cm³/mol. The van der Waals surface area contributed by atoms with Crippen molar-refractivity contribution < 1.29 is 71.6 Å². The first-order valence-electron chi connectivity index (χ1n) is 22.0. The van der Waals surface area contributed by atoms with Crippen LogP contribution in [0.5, 0.6) is 0 Å². The van der Waals surface area contributed by atoms with Crippen LogP contribution in [0.3, 0.4) is 0 Å². The molecule has 0 bridgehead atoms. The molecule has 0 radical (unpaired) electrons. The zero-order valence-electron chi connectivity index (χ0n) is 38.7. The topological polar surface area (TPSA) is 217 Å². The van der Waals surface area contributed by atoms with E-state index in [9.17, 15) is 38.4 Å². The van der Waals surface area contributed by atoms with E-state index >= 15 is 0 Å². The van der Waals surface area contributed by atoms with E-state index in [2.05, 4.69) is 0 Å². The van der Waals surface area contributed by atoms with E-state index in [-0.39, 0.29) is 35.9 Å². The summed E-state index contributed by atoms with van der Waals surface area (Å²) in [5.41, 5.74) is 1.57. The largest absolute Gasteiger partial charge is 0.462 e. The van der Waals surface area contributed by atoms with Gasteiger partial charge in [0, 0.05) is 32.0 Å². The van der Waals surface area contributed by atoms with Gasteiger partial charge in [0.15, 0.2) is 28.2 Å². The number of rotatable bonds is 13. The molecule has 0 amide bonds. The molecule has 3 aliphatic heterocycles. The number of esters is 1. The summed E-state index contributed by atoms with van der Waals surface area (Å²) in [5, 5.41) is 45.1. The number of carbonyl (C=O) groups excluding carboxylic acids is 2. The minimum absolute atomic E-state index is 0.00214. The van der Waals surface area contributed by atoms with Crippen molar-refractivity contribution in [3.05, 3.63) is 53.6 Å². The van der Waals surface area contributed by atoms with Gasteiger partial charge in [-0.15, -0.1) is 0 Å². The van der Waals surface area contributed by atoms with Crippen molar-refractivity contribution in [2.45, 2.75) is 159 Å². The number of likely N-dealkylation sites (N-methyl/N-ethyl adjacent to an activating group) is 1. The lowest BCUT2D eigenvalue weighted by Crippen LogP contribution is -2.63. The lowest BCUT2D eigenvalue weighted by molar-refractivity contribution is -0.304. The van der Waals surface area contributed by atoms with Gasteiger partial charge < -0.3 is 58.5 Å². The summed E-state index contributed by atoms with van der Waals surface area (Å²) < 4.78 is 69.7. The third-order valence-electron chi connectivity index (χ3n) is 12.8. The highest BCUT2D eigenvalue weighted by Crippen LogP contribution is 2.36. The van der Waals surface area contributed by atoms with Crippen LogP contribution in [0.15, 0.2) is 53.0 Å².